The maximum atomic E-state index is 11.7. The van der Waals surface area contributed by atoms with Gasteiger partial charge in [0.1, 0.15) is 0 Å². The van der Waals surface area contributed by atoms with Crippen LogP contribution in [-0.4, -0.2) is 12.5 Å². The van der Waals surface area contributed by atoms with Gasteiger partial charge < -0.3 is 10.7 Å². The Hall–Kier alpha value is -1.55. The first-order chi connectivity index (χ1) is 7.19. The van der Waals surface area contributed by atoms with Gasteiger partial charge in [0, 0.05) is 6.54 Å². The fourth-order valence-electron chi connectivity index (χ4n) is 1.31. The van der Waals surface area contributed by atoms with Gasteiger partial charge in [-0.25, -0.2) is 0 Å². The quantitative estimate of drug-likeness (QED) is 0.516. The number of hydrazine groups is 1. The van der Waals surface area contributed by atoms with Crippen LogP contribution in [-0.2, 0) is 0 Å². The highest BCUT2D eigenvalue weighted by Crippen LogP contribution is 2.15. The molecule has 0 aliphatic carbocycles. The molecule has 4 nitrogen and oxygen atoms in total. The van der Waals surface area contributed by atoms with Crippen molar-refractivity contribution in [3.8, 4) is 0 Å². The van der Waals surface area contributed by atoms with Crippen LogP contribution < -0.4 is 16.6 Å². The third kappa shape index (κ3) is 2.95. The van der Waals surface area contributed by atoms with Crippen molar-refractivity contribution in [2.75, 3.05) is 12.0 Å². The minimum Gasteiger partial charge on any atom is -0.352 e. The summed E-state index contributed by atoms with van der Waals surface area (Å²) in [6.07, 6.45) is 0.920. The van der Waals surface area contributed by atoms with Gasteiger partial charge in [0.2, 0.25) is 0 Å². The molecule has 15 heavy (non-hydrogen) atoms. The highest BCUT2D eigenvalue weighted by molar-refractivity contribution is 5.99. The van der Waals surface area contributed by atoms with Crippen LogP contribution in [0.3, 0.4) is 0 Å². The third-order valence-corrected chi connectivity index (χ3v) is 2.11. The predicted molar refractivity (Wildman–Crippen MR) is 61.6 cm³/mol. The number of aryl methyl sites for hydroxylation is 1. The SMILES string of the molecule is CCCNC(=O)c1cc(C)ccc1NN. The van der Waals surface area contributed by atoms with Gasteiger partial charge in [-0.15, -0.1) is 0 Å². The molecule has 0 aliphatic heterocycles. The minimum absolute atomic E-state index is 0.0894. The Kier molecular flexibility index (Phi) is 4.12. The summed E-state index contributed by atoms with van der Waals surface area (Å²) in [4.78, 5) is 11.7. The maximum absolute atomic E-state index is 11.7. The lowest BCUT2D eigenvalue weighted by molar-refractivity contribution is 0.0954. The van der Waals surface area contributed by atoms with E-state index in [1.165, 1.54) is 0 Å². The highest BCUT2D eigenvalue weighted by Gasteiger charge is 2.09. The number of carbonyl (C=O) groups excluding carboxylic acids is 1. The lowest BCUT2D eigenvalue weighted by Crippen LogP contribution is -2.25. The number of nitrogens with two attached hydrogens (primary N) is 1. The Morgan fingerprint density at radius 2 is 2.20 bits per heavy atom. The molecule has 0 spiro atoms. The largest absolute Gasteiger partial charge is 0.352 e. The van der Waals surface area contributed by atoms with Crippen molar-refractivity contribution < 1.29 is 4.79 Å². The van der Waals surface area contributed by atoms with Gasteiger partial charge in [-0.2, -0.15) is 0 Å². The predicted octanol–water partition coefficient (Wildman–Crippen LogP) is 1.42. The molecule has 0 atom stereocenters. The van der Waals surface area contributed by atoms with Gasteiger partial charge >= 0.3 is 0 Å². The zero-order chi connectivity index (χ0) is 11.3. The number of anilines is 1. The maximum Gasteiger partial charge on any atom is 0.253 e. The molecule has 0 heterocycles. The van der Waals surface area contributed by atoms with Crippen LogP contribution in [0, 0.1) is 6.92 Å². The highest BCUT2D eigenvalue weighted by atomic mass is 16.1. The molecule has 4 heteroatoms. The number of benzene rings is 1. The van der Waals surface area contributed by atoms with E-state index in [1.807, 2.05) is 26.0 Å². The smallest absolute Gasteiger partial charge is 0.253 e. The number of carbonyl (C=O) groups is 1. The van der Waals surface area contributed by atoms with Crippen molar-refractivity contribution in [2.24, 2.45) is 5.84 Å². The summed E-state index contributed by atoms with van der Waals surface area (Å²) in [6.45, 7) is 4.63. The number of nitrogens with one attached hydrogen (secondary N) is 2. The van der Waals surface area contributed by atoms with Crippen molar-refractivity contribution in [1.82, 2.24) is 5.32 Å². The normalized spacial score (nSPS) is 9.80. The van der Waals surface area contributed by atoms with Gasteiger partial charge in [0.15, 0.2) is 0 Å². The number of hydrogen-bond donors (Lipinski definition) is 3. The zero-order valence-corrected chi connectivity index (χ0v) is 9.13. The molecule has 82 valence electrons. The third-order valence-electron chi connectivity index (χ3n) is 2.11. The molecule has 1 rings (SSSR count). The molecule has 0 bridgehead atoms. The molecule has 0 unspecified atom stereocenters. The Labute approximate surface area is 89.8 Å². The average molecular weight is 207 g/mol. The van der Waals surface area contributed by atoms with E-state index >= 15 is 0 Å². The minimum atomic E-state index is -0.0894. The van der Waals surface area contributed by atoms with Gasteiger partial charge in [0.25, 0.3) is 5.91 Å². The Bertz CT molecular complexity index is 350. The van der Waals surface area contributed by atoms with E-state index in [0.717, 1.165) is 12.0 Å². The molecule has 0 saturated heterocycles. The van der Waals surface area contributed by atoms with Crippen LogP contribution in [0.15, 0.2) is 18.2 Å². The first-order valence-corrected chi connectivity index (χ1v) is 5.04. The van der Waals surface area contributed by atoms with Crippen LogP contribution in [0.4, 0.5) is 5.69 Å². The van der Waals surface area contributed by atoms with E-state index in [9.17, 15) is 4.79 Å². The van der Waals surface area contributed by atoms with Gasteiger partial charge in [-0.3, -0.25) is 10.6 Å². The lowest BCUT2D eigenvalue weighted by Gasteiger charge is -2.09. The summed E-state index contributed by atoms with van der Waals surface area (Å²) in [5.74, 6) is 5.25. The number of nitrogen functional groups attached to an aromatic ring is 1. The molecule has 0 radical (unpaired) electrons. The van der Waals surface area contributed by atoms with E-state index in [1.54, 1.807) is 6.07 Å². The standard InChI is InChI=1S/C11H17N3O/c1-3-6-13-11(15)9-7-8(2)4-5-10(9)14-12/h4-5,7,14H,3,6,12H2,1-2H3,(H,13,15). The summed E-state index contributed by atoms with van der Waals surface area (Å²) in [5.41, 5.74) is 4.79. The molecule has 0 aromatic heterocycles. The van der Waals surface area contributed by atoms with Crippen LogP contribution in [0.2, 0.25) is 0 Å². The second kappa shape index (κ2) is 5.36. The van der Waals surface area contributed by atoms with Gasteiger partial charge in [0.05, 0.1) is 11.3 Å². The number of rotatable bonds is 4. The average Bonchev–Trinajstić information content (AvgIpc) is 2.25. The number of hydrogen-bond acceptors (Lipinski definition) is 3. The summed E-state index contributed by atoms with van der Waals surface area (Å²) in [7, 11) is 0. The first-order valence-electron chi connectivity index (χ1n) is 5.04. The van der Waals surface area contributed by atoms with E-state index in [-0.39, 0.29) is 5.91 Å². The Balaban J connectivity index is 2.90. The summed E-state index contributed by atoms with van der Waals surface area (Å²) >= 11 is 0. The molecular weight excluding hydrogens is 190 g/mol. The van der Waals surface area contributed by atoms with Gasteiger partial charge in [-0.1, -0.05) is 18.6 Å². The molecule has 1 aromatic carbocycles. The van der Waals surface area contributed by atoms with Crippen LogP contribution >= 0.6 is 0 Å². The topological polar surface area (TPSA) is 67.2 Å². The Morgan fingerprint density at radius 1 is 1.47 bits per heavy atom. The summed E-state index contributed by atoms with van der Waals surface area (Å²) < 4.78 is 0. The molecule has 0 fully saturated rings. The second-order valence-electron chi connectivity index (χ2n) is 3.45. The lowest BCUT2D eigenvalue weighted by atomic mass is 10.1. The van der Waals surface area contributed by atoms with Crippen LogP contribution in [0.5, 0.6) is 0 Å². The van der Waals surface area contributed by atoms with E-state index in [2.05, 4.69) is 10.7 Å². The summed E-state index contributed by atoms with van der Waals surface area (Å²) in [5, 5.41) is 2.82. The fraction of sp³-hybridized carbons (Fsp3) is 0.364. The van der Waals surface area contributed by atoms with Crippen molar-refractivity contribution in [3.05, 3.63) is 29.3 Å². The van der Waals surface area contributed by atoms with Gasteiger partial charge in [-0.05, 0) is 25.5 Å². The molecular formula is C11H17N3O. The van der Waals surface area contributed by atoms with Crippen molar-refractivity contribution >= 4 is 11.6 Å². The molecule has 1 amide bonds. The Morgan fingerprint density at radius 3 is 2.80 bits per heavy atom. The van der Waals surface area contributed by atoms with Crippen molar-refractivity contribution in [2.45, 2.75) is 20.3 Å². The number of amides is 1. The monoisotopic (exact) mass is 207 g/mol. The van der Waals surface area contributed by atoms with E-state index in [4.69, 9.17) is 5.84 Å². The molecule has 4 N–H and O–H groups in total. The summed E-state index contributed by atoms with van der Waals surface area (Å²) in [6, 6.07) is 5.53. The fourth-order valence-corrected chi connectivity index (χ4v) is 1.31. The van der Waals surface area contributed by atoms with Crippen LogP contribution in [0.1, 0.15) is 29.3 Å². The second-order valence-corrected chi connectivity index (χ2v) is 3.45. The van der Waals surface area contributed by atoms with E-state index < -0.39 is 0 Å². The zero-order valence-electron chi connectivity index (χ0n) is 9.13. The van der Waals surface area contributed by atoms with Crippen molar-refractivity contribution in [3.63, 3.8) is 0 Å². The molecule has 0 saturated carbocycles. The van der Waals surface area contributed by atoms with Crippen LogP contribution in [0.25, 0.3) is 0 Å². The molecule has 1 aromatic rings. The van der Waals surface area contributed by atoms with Crippen molar-refractivity contribution in [1.29, 1.82) is 0 Å². The van der Waals surface area contributed by atoms with E-state index in [0.29, 0.717) is 17.8 Å². The molecule has 0 aliphatic rings. The first kappa shape index (κ1) is 11.5.